The van der Waals surface area contributed by atoms with Gasteiger partial charge in [0.25, 0.3) is 0 Å². The molecule has 6 heteroatoms. The predicted molar refractivity (Wildman–Crippen MR) is 65.5 cm³/mol. The number of aliphatic carboxylic acids is 1. The number of carboxylic acids is 1. The van der Waals surface area contributed by atoms with Crippen LogP contribution in [0.15, 0.2) is 5.38 Å². The molecule has 1 aliphatic heterocycles. The van der Waals surface area contributed by atoms with Crippen LogP contribution in [0, 0.1) is 5.92 Å². The highest BCUT2D eigenvalue weighted by Gasteiger charge is 2.21. The third kappa shape index (κ3) is 3.17. The Morgan fingerprint density at radius 2 is 2.47 bits per heavy atom. The molecule has 2 rings (SSSR count). The number of rotatable bonds is 4. The van der Waals surface area contributed by atoms with Crippen LogP contribution in [-0.2, 0) is 11.2 Å². The minimum absolute atomic E-state index is 0.0201. The molecule has 1 unspecified atom stereocenters. The maximum Gasteiger partial charge on any atom is 0.309 e. The van der Waals surface area contributed by atoms with E-state index in [1.54, 1.807) is 5.38 Å². The summed E-state index contributed by atoms with van der Waals surface area (Å²) in [6.45, 7) is 1.97. The van der Waals surface area contributed by atoms with Crippen LogP contribution in [0.25, 0.3) is 0 Å². The van der Waals surface area contributed by atoms with Gasteiger partial charge >= 0.3 is 5.97 Å². The topological polar surface area (TPSA) is 73.7 Å². The lowest BCUT2D eigenvalue weighted by Crippen LogP contribution is -2.36. The van der Waals surface area contributed by atoms with Gasteiger partial charge in [0.2, 0.25) is 0 Å². The van der Waals surface area contributed by atoms with Gasteiger partial charge in [0, 0.05) is 25.1 Å². The van der Waals surface area contributed by atoms with E-state index in [0.717, 1.165) is 31.1 Å². The molecule has 1 atom stereocenters. The first-order valence-corrected chi connectivity index (χ1v) is 6.59. The first-order valence-electron chi connectivity index (χ1n) is 5.71. The van der Waals surface area contributed by atoms with Gasteiger partial charge in [-0.3, -0.25) is 4.79 Å². The Hall–Kier alpha value is -1.14. The highest BCUT2D eigenvalue weighted by molar-refractivity contribution is 7.13. The van der Waals surface area contributed by atoms with Gasteiger partial charge in [-0.1, -0.05) is 0 Å². The summed E-state index contributed by atoms with van der Waals surface area (Å²) in [5.74, 6) is -0.538. The Balaban J connectivity index is 2.01. The highest BCUT2D eigenvalue weighted by Crippen LogP contribution is 2.26. The first kappa shape index (κ1) is 12.3. The summed E-state index contributed by atoms with van der Waals surface area (Å²) in [6, 6.07) is 0. The molecular formula is C11H16N2O3S. The number of piperidine rings is 1. The molecule has 0 saturated carbocycles. The number of aliphatic hydroxyl groups excluding tert-OH is 1. The normalized spacial score (nSPS) is 20.5. The van der Waals surface area contributed by atoms with Crippen molar-refractivity contribution in [2.75, 3.05) is 24.6 Å². The number of hydrogen-bond donors (Lipinski definition) is 2. The smallest absolute Gasteiger partial charge is 0.309 e. The number of nitrogens with zero attached hydrogens (tertiary/aromatic N) is 2. The van der Waals surface area contributed by atoms with Gasteiger partial charge in [0.05, 0.1) is 12.1 Å². The molecule has 0 radical (unpaired) electrons. The highest BCUT2D eigenvalue weighted by atomic mass is 32.1. The quantitative estimate of drug-likeness (QED) is 0.840. The fraction of sp³-hybridized carbons (Fsp3) is 0.636. The SMILES string of the molecule is O=C(O)Cc1csc(N2CCCC(CO)C2)n1. The zero-order valence-electron chi connectivity index (χ0n) is 9.50. The summed E-state index contributed by atoms with van der Waals surface area (Å²) < 4.78 is 0. The molecule has 94 valence electrons. The van der Waals surface area contributed by atoms with Crippen LogP contribution in [0.4, 0.5) is 5.13 Å². The van der Waals surface area contributed by atoms with E-state index in [-0.39, 0.29) is 13.0 Å². The van der Waals surface area contributed by atoms with E-state index in [1.807, 2.05) is 0 Å². The Bertz CT molecular complexity index is 394. The average molecular weight is 256 g/mol. The predicted octanol–water partition coefficient (Wildman–Crippen LogP) is 0.979. The molecule has 0 amide bonds. The number of hydrogen-bond acceptors (Lipinski definition) is 5. The summed E-state index contributed by atoms with van der Waals surface area (Å²) in [7, 11) is 0. The lowest BCUT2D eigenvalue weighted by molar-refractivity contribution is -0.136. The van der Waals surface area contributed by atoms with E-state index in [0.29, 0.717) is 11.6 Å². The number of carbonyl (C=O) groups is 1. The fourth-order valence-corrected chi connectivity index (χ4v) is 2.93. The van der Waals surface area contributed by atoms with Gasteiger partial charge in [0.15, 0.2) is 5.13 Å². The maximum absolute atomic E-state index is 10.6. The zero-order valence-corrected chi connectivity index (χ0v) is 10.3. The zero-order chi connectivity index (χ0) is 12.3. The molecule has 2 heterocycles. The minimum Gasteiger partial charge on any atom is -0.481 e. The van der Waals surface area contributed by atoms with Gasteiger partial charge < -0.3 is 15.1 Å². The standard InChI is InChI=1S/C11H16N2O3S/c14-6-8-2-1-3-13(5-8)11-12-9(7-17-11)4-10(15)16/h7-8,14H,1-6H2,(H,15,16). The molecule has 17 heavy (non-hydrogen) atoms. The minimum atomic E-state index is -0.853. The largest absolute Gasteiger partial charge is 0.481 e. The van der Waals surface area contributed by atoms with Crippen molar-refractivity contribution in [2.45, 2.75) is 19.3 Å². The molecule has 0 aliphatic carbocycles. The Morgan fingerprint density at radius 3 is 3.18 bits per heavy atom. The van der Waals surface area contributed by atoms with Gasteiger partial charge in [-0.25, -0.2) is 4.98 Å². The molecule has 5 nitrogen and oxygen atoms in total. The first-order chi connectivity index (χ1) is 8.19. The average Bonchev–Trinajstić information content (AvgIpc) is 2.77. The van der Waals surface area contributed by atoms with Crippen molar-refractivity contribution in [3.8, 4) is 0 Å². The van der Waals surface area contributed by atoms with Crippen LogP contribution >= 0.6 is 11.3 Å². The second kappa shape index (κ2) is 5.46. The van der Waals surface area contributed by atoms with Crippen LogP contribution < -0.4 is 4.90 Å². The molecule has 0 bridgehead atoms. The van der Waals surface area contributed by atoms with Crippen molar-refractivity contribution in [3.05, 3.63) is 11.1 Å². The van der Waals surface area contributed by atoms with Crippen LogP contribution in [0.1, 0.15) is 18.5 Å². The van der Waals surface area contributed by atoms with Crippen LogP contribution in [0.2, 0.25) is 0 Å². The summed E-state index contributed by atoms with van der Waals surface area (Å²) in [5.41, 5.74) is 0.614. The molecule has 0 spiro atoms. The summed E-state index contributed by atoms with van der Waals surface area (Å²) in [5, 5.41) is 20.5. The number of anilines is 1. The van der Waals surface area contributed by atoms with Crippen LogP contribution in [-0.4, -0.2) is 40.9 Å². The van der Waals surface area contributed by atoms with Crippen molar-refractivity contribution in [3.63, 3.8) is 0 Å². The number of carboxylic acid groups (broad SMARTS) is 1. The van der Waals surface area contributed by atoms with Crippen molar-refractivity contribution < 1.29 is 15.0 Å². The molecule has 1 aromatic rings. The molecule has 1 aliphatic rings. The number of thiazole rings is 1. The van der Waals surface area contributed by atoms with Crippen LogP contribution in [0.3, 0.4) is 0 Å². The van der Waals surface area contributed by atoms with E-state index >= 15 is 0 Å². The van der Waals surface area contributed by atoms with Crippen molar-refractivity contribution in [1.29, 1.82) is 0 Å². The van der Waals surface area contributed by atoms with Gasteiger partial charge in [-0.05, 0) is 18.8 Å². The summed E-state index contributed by atoms with van der Waals surface area (Å²) in [4.78, 5) is 17.0. The fourth-order valence-electron chi connectivity index (χ4n) is 2.07. The maximum atomic E-state index is 10.6. The van der Waals surface area contributed by atoms with Crippen molar-refractivity contribution in [1.82, 2.24) is 4.98 Å². The lowest BCUT2D eigenvalue weighted by Gasteiger charge is -2.31. The number of aromatic nitrogens is 1. The molecule has 0 aromatic carbocycles. The van der Waals surface area contributed by atoms with E-state index in [1.165, 1.54) is 11.3 Å². The second-order valence-corrected chi connectivity index (χ2v) is 5.17. The summed E-state index contributed by atoms with van der Waals surface area (Å²) in [6.07, 6.45) is 2.09. The van der Waals surface area contributed by atoms with Crippen molar-refractivity contribution in [2.24, 2.45) is 5.92 Å². The molecule has 2 N–H and O–H groups in total. The molecular weight excluding hydrogens is 240 g/mol. The Morgan fingerprint density at radius 1 is 1.65 bits per heavy atom. The molecule has 1 saturated heterocycles. The van der Waals surface area contributed by atoms with Gasteiger partial charge in [0.1, 0.15) is 0 Å². The van der Waals surface area contributed by atoms with Crippen molar-refractivity contribution >= 4 is 22.4 Å². The van der Waals surface area contributed by atoms with Gasteiger partial charge in [-0.2, -0.15) is 0 Å². The monoisotopic (exact) mass is 256 g/mol. The van der Waals surface area contributed by atoms with Crippen LogP contribution in [0.5, 0.6) is 0 Å². The third-order valence-electron chi connectivity index (χ3n) is 2.92. The van der Waals surface area contributed by atoms with E-state index in [4.69, 9.17) is 10.2 Å². The Kier molecular flexibility index (Phi) is 3.96. The van der Waals surface area contributed by atoms with E-state index < -0.39 is 5.97 Å². The molecule has 1 fully saturated rings. The van der Waals surface area contributed by atoms with E-state index in [2.05, 4.69) is 9.88 Å². The summed E-state index contributed by atoms with van der Waals surface area (Å²) >= 11 is 1.48. The van der Waals surface area contributed by atoms with E-state index in [9.17, 15) is 4.79 Å². The molecule has 1 aromatic heterocycles. The lowest BCUT2D eigenvalue weighted by atomic mass is 10.00. The number of aliphatic hydroxyl groups is 1. The second-order valence-electron chi connectivity index (χ2n) is 4.33. The Labute approximate surface area is 104 Å². The van der Waals surface area contributed by atoms with Gasteiger partial charge in [-0.15, -0.1) is 11.3 Å². The third-order valence-corrected chi connectivity index (χ3v) is 3.87.